The molecule has 1 saturated carbocycles. The lowest BCUT2D eigenvalue weighted by Gasteiger charge is -2.30. The van der Waals surface area contributed by atoms with Crippen LogP contribution in [0.2, 0.25) is 0 Å². The Kier molecular flexibility index (Phi) is 12.4. The van der Waals surface area contributed by atoms with Crippen LogP contribution in [0.4, 0.5) is 0 Å². The van der Waals surface area contributed by atoms with Crippen molar-refractivity contribution >= 4 is 23.5 Å². The van der Waals surface area contributed by atoms with Crippen molar-refractivity contribution in [3.05, 3.63) is 105 Å². The Morgan fingerprint density at radius 3 is 1.47 bits per heavy atom. The Balaban J connectivity index is 1.45. The minimum Gasteiger partial charge on any atom is -0.507 e. The molecule has 0 spiro atoms. The highest BCUT2D eigenvalue weighted by atomic mass is 32.2. The Labute approximate surface area is 318 Å². The molecule has 1 aliphatic rings. The standard InChI is InChI=1S/C47H62O2S2/c1-29-18-30(2)21-34(20-29)40-25-37(46(6,7)8)23-35(44(40)48)27-50-42-16-14-12-13-15-17-43(42)51-28-36-24-38(47(9,10)11)26-41(45(36)49)39-22-31(3)19-32(4)33(39)5/h18-26,42-43,48-49H,12-17,27-28H2,1-11H3/t42-,43-/m0/s1. The molecule has 0 unspecified atom stereocenters. The predicted molar refractivity (Wildman–Crippen MR) is 226 cm³/mol. The fourth-order valence-corrected chi connectivity index (χ4v) is 10.6. The van der Waals surface area contributed by atoms with Gasteiger partial charge < -0.3 is 10.2 Å². The summed E-state index contributed by atoms with van der Waals surface area (Å²) in [6.45, 7) is 24.4. The van der Waals surface area contributed by atoms with Crippen molar-refractivity contribution in [1.82, 2.24) is 0 Å². The number of hydrogen-bond donors (Lipinski definition) is 2. The van der Waals surface area contributed by atoms with Gasteiger partial charge in [-0.25, -0.2) is 0 Å². The third-order valence-electron chi connectivity index (χ3n) is 10.8. The molecule has 4 aromatic carbocycles. The number of aryl methyl sites for hydroxylation is 4. The molecule has 4 heteroatoms. The zero-order valence-corrected chi connectivity index (χ0v) is 34.9. The summed E-state index contributed by atoms with van der Waals surface area (Å²) >= 11 is 4.07. The second-order valence-electron chi connectivity index (χ2n) is 17.4. The molecule has 0 aliphatic heterocycles. The van der Waals surface area contributed by atoms with Crippen LogP contribution in [-0.4, -0.2) is 20.7 Å². The van der Waals surface area contributed by atoms with Gasteiger partial charge in [-0.15, -0.1) is 0 Å². The quantitative estimate of drug-likeness (QED) is 0.190. The number of aromatic hydroxyl groups is 2. The summed E-state index contributed by atoms with van der Waals surface area (Å²) in [5.74, 6) is 2.43. The van der Waals surface area contributed by atoms with Gasteiger partial charge in [0.05, 0.1) is 0 Å². The van der Waals surface area contributed by atoms with Crippen molar-refractivity contribution in [2.45, 2.75) is 148 Å². The van der Waals surface area contributed by atoms with E-state index in [4.69, 9.17) is 0 Å². The van der Waals surface area contributed by atoms with Gasteiger partial charge in [-0.1, -0.05) is 126 Å². The number of benzene rings is 4. The molecule has 0 bridgehead atoms. The Bertz CT molecular complexity index is 1840. The van der Waals surface area contributed by atoms with Crippen LogP contribution in [0.5, 0.6) is 11.5 Å². The van der Waals surface area contributed by atoms with E-state index in [9.17, 15) is 10.2 Å². The number of phenolic OH excluding ortho intramolecular Hbond substituents is 2. The second kappa shape index (κ2) is 16.0. The minimum atomic E-state index is -0.0349. The summed E-state index contributed by atoms with van der Waals surface area (Å²) in [5.41, 5.74) is 14.8. The van der Waals surface area contributed by atoms with E-state index < -0.39 is 0 Å². The number of phenols is 2. The van der Waals surface area contributed by atoms with Gasteiger partial charge in [-0.2, -0.15) is 23.5 Å². The normalized spacial score (nSPS) is 17.3. The molecule has 5 rings (SSSR count). The lowest BCUT2D eigenvalue weighted by molar-refractivity contribution is 0.470. The summed E-state index contributed by atoms with van der Waals surface area (Å²) in [7, 11) is 0. The SMILES string of the molecule is Cc1cc(C)cc(-c2cc(C(C)(C)C)cc(CS[C@H]3CCCCCC[C@@H]3SCc3cc(C(C)(C)C)cc(-c4cc(C)cc(C)c4C)c3O)c2O)c1. The van der Waals surface area contributed by atoms with E-state index in [0.717, 1.165) is 44.9 Å². The third-order valence-corrected chi connectivity index (χ3v) is 13.9. The zero-order valence-electron chi connectivity index (χ0n) is 33.2. The van der Waals surface area contributed by atoms with Crippen molar-refractivity contribution in [3.63, 3.8) is 0 Å². The van der Waals surface area contributed by atoms with E-state index in [0.29, 0.717) is 22.0 Å². The molecule has 1 aliphatic carbocycles. The van der Waals surface area contributed by atoms with E-state index in [2.05, 4.69) is 131 Å². The summed E-state index contributed by atoms with van der Waals surface area (Å²) in [6, 6.07) is 20.0. The van der Waals surface area contributed by atoms with Crippen molar-refractivity contribution in [1.29, 1.82) is 0 Å². The Hall–Kier alpha value is -2.82. The van der Waals surface area contributed by atoms with Gasteiger partial charge >= 0.3 is 0 Å². The van der Waals surface area contributed by atoms with Crippen LogP contribution in [0.1, 0.15) is 130 Å². The largest absolute Gasteiger partial charge is 0.507 e. The van der Waals surface area contributed by atoms with Crippen LogP contribution in [-0.2, 0) is 22.3 Å². The van der Waals surface area contributed by atoms with Gasteiger partial charge in [0.25, 0.3) is 0 Å². The molecule has 0 radical (unpaired) electrons. The minimum absolute atomic E-state index is 0.0303. The van der Waals surface area contributed by atoms with E-state index in [-0.39, 0.29) is 10.8 Å². The molecular formula is C47H62O2S2. The van der Waals surface area contributed by atoms with E-state index >= 15 is 0 Å². The molecule has 2 nitrogen and oxygen atoms in total. The molecule has 0 aromatic heterocycles. The van der Waals surface area contributed by atoms with Gasteiger partial charge in [-0.05, 0) is 104 Å². The third kappa shape index (κ3) is 9.60. The maximum atomic E-state index is 11.9. The molecule has 51 heavy (non-hydrogen) atoms. The predicted octanol–water partition coefficient (Wildman–Crippen LogP) is 13.8. The van der Waals surface area contributed by atoms with E-state index in [1.807, 2.05) is 23.5 Å². The van der Waals surface area contributed by atoms with Crippen LogP contribution >= 0.6 is 23.5 Å². The van der Waals surface area contributed by atoms with E-state index in [1.165, 1.54) is 77.5 Å². The first-order valence-corrected chi connectivity index (χ1v) is 21.1. The topological polar surface area (TPSA) is 40.5 Å². The average Bonchev–Trinajstić information content (AvgIpc) is 3.01. The molecule has 2 N–H and O–H groups in total. The second-order valence-corrected chi connectivity index (χ2v) is 19.8. The summed E-state index contributed by atoms with van der Waals surface area (Å²) in [5, 5.41) is 24.7. The molecule has 4 aromatic rings. The van der Waals surface area contributed by atoms with Gasteiger partial charge in [0.15, 0.2) is 0 Å². The fraction of sp³-hybridized carbons (Fsp3) is 0.489. The van der Waals surface area contributed by atoms with Gasteiger partial charge in [-0.3, -0.25) is 0 Å². The molecule has 2 atom stereocenters. The van der Waals surface area contributed by atoms with Crippen molar-refractivity contribution < 1.29 is 10.2 Å². The number of rotatable bonds is 8. The highest BCUT2D eigenvalue weighted by molar-refractivity contribution is 8.03. The fourth-order valence-electron chi connectivity index (χ4n) is 7.54. The van der Waals surface area contributed by atoms with Gasteiger partial charge in [0.2, 0.25) is 0 Å². The van der Waals surface area contributed by atoms with Gasteiger partial charge in [0, 0.05) is 44.3 Å². The maximum Gasteiger partial charge on any atom is 0.127 e. The Morgan fingerprint density at radius 1 is 0.529 bits per heavy atom. The van der Waals surface area contributed by atoms with Crippen LogP contribution in [0.3, 0.4) is 0 Å². The summed E-state index contributed by atoms with van der Waals surface area (Å²) < 4.78 is 0. The monoisotopic (exact) mass is 722 g/mol. The van der Waals surface area contributed by atoms with Crippen molar-refractivity contribution in [2.24, 2.45) is 0 Å². The maximum absolute atomic E-state index is 11.9. The molecule has 0 amide bonds. The summed E-state index contributed by atoms with van der Waals surface area (Å²) in [6.07, 6.45) is 7.46. The van der Waals surface area contributed by atoms with Crippen molar-refractivity contribution in [2.75, 3.05) is 0 Å². The molecular weight excluding hydrogens is 661 g/mol. The van der Waals surface area contributed by atoms with Crippen LogP contribution in [0.15, 0.2) is 54.6 Å². The molecule has 0 heterocycles. The Morgan fingerprint density at radius 2 is 0.980 bits per heavy atom. The molecule has 1 fully saturated rings. The number of hydrogen-bond acceptors (Lipinski definition) is 4. The molecule has 0 saturated heterocycles. The summed E-state index contributed by atoms with van der Waals surface area (Å²) in [4.78, 5) is 0. The van der Waals surface area contributed by atoms with E-state index in [1.54, 1.807) is 0 Å². The first-order valence-electron chi connectivity index (χ1n) is 19.0. The van der Waals surface area contributed by atoms with Crippen LogP contribution < -0.4 is 0 Å². The number of thioether (sulfide) groups is 2. The van der Waals surface area contributed by atoms with Crippen LogP contribution in [0, 0.1) is 34.6 Å². The molecule has 274 valence electrons. The first-order chi connectivity index (χ1) is 23.9. The van der Waals surface area contributed by atoms with Gasteiger partial charge in [0.1, 0.15) is 11.5 Å². The average molecular weight is 723 g/mol. The lowest BCUT2D eigenvalue weighted by Crippen LogP contribution is -2.22. The smallest absolute Gasteiger partial charge is 0.127 e. The van der Waals surface area contributed by atoms with Crippen LogP contribution in [0.25, 0.3) is 22.3 Å². The highest BCUT2D eigenvalue weighted by Gasteiger charge is 2.27. The lowest BCUT2D eigenvalue weighted by atomic mass is 9.83. The zero-order chi connectivity index (χ0) is 37.2. The van der Waals surface area contributed by atoms with Crippen molar-refractivity contribution in [3.8, 4) is 33.8 Å². The highest BCUT2D eigenvalue weighted by Crippen LogP contribution is 2.45. The first kappa shape index (κ1) is 39.4.